The smallest absolute Gasteiger partial charge is 0.308 e. The van der Waals surface area contributed by atoms with Gasteiger partial charge < -0.3 is 19.3 Å². The molecular formula is C32H44O7. The molecule has 7 heteroatoms. The van der Waals surface area contributed by atoms with Crippen LogP contribution in [0, 0.1) is 40.4 Å². The lowest BCUT2D eigenvalue weighted by molar-refractivity contribution is -0.210. The van der Waals surface area contributed by atoms with Gasteiger partial charge in [-0.25, -0.2) is 0 Å². The van der Waals surface area contributed by atoms with Gasteiger partial charge in [0, 0.05) is 22.7 Å². The molecule has 7 nitrogen and oxygen atoms in total. The Balaban J connectivity index is 1.35. The molecule has 4 saturated carbocycles. The summed E-state index contributed by atoms with van der Waals surface area (Å²) in [7, 11) is 0. The van der Waals surface area contributed by atoms with Crippen molar-refractivity contribution in [1.82, 2.24) is 0 Å². The normalized spacial score (nSPS) is 45.3. The Hall–Kier alpha value is -1.83. The van der Waals surface area contributed by atoms with E-state index < -0.39 is 35.5 Å². The van der Waals surface area contributed by atoms with Crippen LogP contribution in [0.25, 0.3) is 0 Å². The van der Waals surface area contributed by atoms with Crippen molar-refractivity contribution in [2.45, 2.75) is 110 Å². The SMILES string of the molecule is CC(C)C(=O)OCC(=O)[C@]12O[C@H](C3CCCCC3)O[C@@H]1C[C@H]1[C@@H]3CCC4=CC(=O)C=C[C@@]4(C)[C@H]3[C@@H](O)C[C@]12C. The average Bonchev–Trinajstić information content (AvgIpc) is 3.41. The fraction of sp³-hybridized carbons (Fsp3) is 0.781. The molecule has 1 saturated heterocycles. The number of ether oxygens (including phenoxy) is 3. The molecule has 0 bridgehead atoms. The van der Waals surface area contributed by atoms with E-state index in [1.54, 1.807) is 26.0 Å². The van der Waals surface area contributed by atoms with Crippen LogP contribution in [0.2, 0.25) is 0 Å². The Labute approximate surface area is 231 Å². The maximum Gasteiger partial charge on any atom is 0.308 e. The molecule has 0 spiro atoms. The maximum atomic E-state index is 14.2. The van der Waals surface area contributed by atoms with Gasteiger partial charge in [-0.05, 0) is 62.5 Å². The summed E-state index contributed by atoms with van der Waals surface area (Å²) in [6.45, 7) is 7.44. The number of allylic oxidation sites excluding steroid dienone is 4. The van der Waals surface area contributed by atoms with Crippen LogP contribution in [-0.4, -0.2) is 53.3 Å². The molecule has 0 aromatic rings. The maximum absolute atomic E-state index is 14.2. The summed E-state index contributed by atoms with van der Waals surface area (Å²) in [5.41, 5.74) is -1.19. The van der Waals surface area contributed by atoms with Crippen LogP contribution in [-0.2, 0) is 28.6 Å². The van der Waals surface area contributed by atoms with E-state index in [0.717, 1.165) is 44.1 Å². The molecule has 0 amide bonds. The first-order valence-electron chi connectivity index (χ1n) is 15.2. The lowest BCUT2D eigenvalue weighted by Gasteiger charge is -2.59. The van der Waals surface area contributed by atoms with Gasteiger partial charge in [0.05, 0.1) is 18.1 Å². The number of carbonyl (C=O) groups is 3. The van der Waals surface area contributed by atoms with Crippen molar-refractivity contribution >= 4 is 17.5 Å². The first-order chi connectivity index (χ1) is 18.5. The topological polar surface area (TPSA) is 99.1 Å². The van der Waals surface area contributed by atoms with Crippen molar-refractivity contribution in [2.24, 2.45) is 40.4 Å². The third-order valence-electron chi connectivity index (χ3n) is 11.5. The van der Waals surface area contributed by atoms with Gasteiger partial charge in [-0.3, -0.25) is 14.4 Å². The second-order valence-electron chi connectivity index (χ2n) is 13.9. The molecule has 39 heavy (non-hydrogen) atoms. The Morgan fingerprint density at radius 3 is 2.62 bits per heavy atom. The summed E-state index contributed by atoms with van der Waals surface area (Å²) in [5, 5.41) is 11.9. The van der Waals surface area contributed by atoms with Gasteiger partial charge >= 0.3 is 5.97 Å². The van der Waals surface area contributed by atoms with Gasteiger partial charge in [0.15, 0.2) is 24.3 Å². The molecule has 6 aliphatic rings. The lowest BCUT2D eigenvalue weighted by atomic mass is 9.46. The zero-order valence-corrected chi connectivity index (χ0v) is 23.8. The molecular weight excluding hydrogens is 496 g/mol. The number of aliphatic hydroxyl groups is 1. The average molecular weight is 541 g/mol. The van der Waals surface area contributed by atoms with Gasteiger partial charge in [0.1, 0.15) is 0 Å². The largest absolute Gasteiger partial charge is 0.457 e. The van der Waals surface area contributed by atoms with E-state index in [1.807, 2.05) is 6.08 Å². The van der Waals surface area contributed by atoms with Crippen molar-refractivity contribution < 1.29 is 33.7 Å². The van der Waals surface area contributed by atoms with Crippen molar-refractivity contribution in [3.05, 3.63) is 23.8 Å². The molecule has 0 radical (unpaired) electrons. The van der Waals surface area contributed by atoms with Crippen molar-refractivity contribution in [3.8, 4) is 0 Å². The number of fused-ring (bicyclic) bond motifs is 7. The molecule has 214 valence electrons. The fourth-order valence-electron chi connectivity index (χ4n) is 9.62. The van der Waals surface area contributed by atoms with Gasteiger partial charge in [-0.1, -0.05) is 58.6 Å². The van der Waals surface area contributed by atoms with Gasteiger partial charge in [-0.2, -0.15) is 0 Å². The summed E-state index contributed by atoms with van der Waals surface area (Å²) in [6.07, 6.45) is 12.2. The second kappa shape index (κ2) is 9.63. The number of Topliss-reactive ketones (excluding diaryl/α,β-unsaturated/α-hetero) is 1. The minimum absolute atomic E-state index is 0.0162. The summed E-state index contributed by atoms with van der Waals surface area (Å²) in [6, 6.07) is 0. The minimum atomic E-state index is -1.25. The van der Waals surface area contributed by atoms with Gasteiger partial charge in [0.25, 0.3) is 0 Å². The number of rotatable bonds is 5. The number of carbonyl (C=O) groups excluding carboxylic acids is 3. The highest BCUT2D eigenvalue weighted by atomic mass is 16.7. The first-order valence-corrected chi connectivity index (χ1v) is 15.2. The van der Waals surface area contributed by atoms with Crippen LogP contribution in [0.1, 0.15) is 85.5 Å². The first kappa shape index (κ1) is 27.3. The fourth-order valence-corrected chi connectivity index (χ4v) is 9.62. The molecule has 0 unspecified atom stereocenters. The summed E-state index contributed by atoms with van der Waals surface area (Å²) in [5.74, 6) is -0.471. The van der Waals surface area contributed by atoms with E-state index >= 15 is 0 Å². The van der Waals surface area contributed by atoms with Crippen LogP contribution < -0.4 is 0 Å². The zero-order chi connectivity index (χ0) is 27.7. The van der Waals surface area contributed by atoms with Crippen LogP contribution in [0.4, 0.5) is 0 Å². The van der Waals surface area contributed by atoms with Crippen molar-refractivity contribution in [2.75, 3.05) is 6.61 Å². The number of ketones is 2. The van der Waals surface area contributed by atoms with Crippen LogP contribution in [0.5, 0.6) is 0 Å². The zero-order valence-electron chi connectivity index (χ0n) is 23.8. The highest BCUT2D eigenvalue weighted by Crippen LogP contribution is 2.70. The summed E-state index contributed by atoms with van der Waals surface area (Å²) < 4.78 is 19.0. The molecule has 5 aliphatic carbocycles. The van der Waals surface area contributed by atoms with E-state index in [9.17, 15) is 19.5 Å². The second-order valence-corrected chi connectivity index (χ2v) is 13.9. The van der Waals surface area contributed by atoms with Gasteiger partial charge in [-0.15, -0.1) is 0 Å². The van der Waals surface area contributed by atoms with Crippen molar-refractivity contribution in [1.29, 1.82) is 0 Å². The molecule has 6 rings (SSSR count). The minimum Gasteiger partial charge on any atom is -0.457 e. The summed E-state index contributed by atoms with van der Waals surface area (Å²) in [4.78, 5) is 38.7. The molecule has 0 aromatic heterocycles. The Morgan fingerprint density at radius 1 is 1.15 bits per heavy atom. The van der Waals surface area contributed by atoms with E-state index in [2.05, 4.69) is 13.8 Å². The summed E-state index contributed by atoms with van der Waals surface area (Å²) >= 11 is 0. The number of aliphatic hydroxyl groups excluding tert-OH is 1. The molecule has 5 fully saturated rings. The predicted octanol–water partition coefficient (Wildman–Crippen LogP) is 4.70. The molecule has 9 atom stereocenters. The molecule has 0 aromatic carbocycles. The number of esters is 1. The van der Waals surface area contributed by atoms with E-state index in [0.29, 0.717) is 12.8 Å². The van der Waals surface area contributed by atoms with Gasteiger partial charge in [0.2, 0.25) is 5.78 Å². The Bertz CT molecular complexity index is 1100. The Kier molecular flexibility index (Phi) is 6.75. The quantitative estimate of drug-likeness (QED) is 0.505. The standard InChI is InChI=1S/C32H44O7/c1-18(2)28(36)37-17-25(35)32-26(38-29(39-32)19-8-6-5-7-9-19)15-23-22-11-10-20-14-21(33)12-13-30(20,3)27(22)24(34)16-31(23,32)4/h12-14,18-19,22-24,26-27,29,34H,5-11,15-17H2,1-4H3/t22-,23-,24-,26+,27+,29+,30+,31+,32-/m0/s1. The molecule has 1 N–H and O–H groups in total. The number of hydrogen-bond acceptors (Lipinski definition) is 7. The van der Waals surface area contributed by atoms with E-state index in [-0.39, 0.29) is 53.2 Å². The molecule has 1 aliphatic heterocycles. The third-order valence-corrected chi connectivity index (χ3v) is 11.5. The van der Waals surface area contributed by atoms with Crippen LogP contribution in [0.3, 0.4) is 0 Å². The van der Waals surface area contributed by atoms with Crippen molar-refractivity contribution in [3.63, 3.8) is 0 Å². The predicted molar refractivity (Wildman–Crippen MR) is 143 cm³/mol. The van der Waals surface area contributed by atoms with E-state index in [1.165, 1.54) is 6.42 Å². The van der Waals surface area contributed by atoms with Crippen LogP contribution >= 0.6 is 0 Å². The molecule has 1 heterocycles. The highest BCUT2D eigenvalue weighted by molar-refractivity contribution is 6.01. The monoisotopic (exact) mass is 540 g/mol. The number of hydrogen-bond donors (Lipinski definition) is 1. The third kappa shape index (κ3) is 3.97. The lowest BCUT2D eigenvalue weighted by Crippen LogP contribution is -2.63. The van der Waals surface area contributed by atoms with E-state index in [4.69, 9.17) is 14.2 Å². The van der Waals surface area contributed by atoms with Crippen LogP contribution in [0.15, 0.2) is 23.8 Å². The highest BCUT2D eigenvalue weighted by Gasteiger charge is 2.76. The Morgan fingerprint density at radius 2 is 1.90 bits per heavy atom.